The van der Waals surface area contributed by atoms with E-state index < -0.39 is 6.04 Å². The van der Waals surface area contributed by atoms with Gasteiger partial charge in [-0.05, 0) is 32.4 Å². The highest BCUT2D eigenvalue weighted by atomic mass is 32.1. The van der Waals surface area contributed by atoms with E-state index in [4.69, 9.17) is 22.7 Å². The number of hydrogen-bond donors (Lipinski definition) is 3. The molecule has 1 unspecified atom stereocenters. The summed E-state index contributed by atoms with van der Waals surface area (Å²) in [5, 5.41) is 5.83. The fourth-order valence-corrected chi connectivity index (χ4v) is 2.21. The normalized spacial score (nSPS) is 11.8. The van der Waals surface area contributed by atoms with Gasteiger partial charge in [0, 0.05) is 19.3 Å². The van der Waals surface area contributed by atoms with Crippen LogP contribution < -0.4 is 16.4 Å². The molecule has 0 saturated heterocycles. The van der Waals surface area contributed by atoms with Crippen molar-refractivity contribution < 1.29 is 9.53 Å². The number of anilines is 1. The number of thiocarbonyl (C=S) groups is 1. The first-order chi connectivity index (χ1) is 9.86. The lowest BCUT2D eigenvalue weighted by atomic mass is 10.1. The number of carbonyl (C=O) groups is 1. The molecule has 0 radical (unpaired) electrons. The summed E-state index contributed by atoms with van der Waals surface area (Å²) in [6, 6.07) is 1.45. The second-order valence-electron chi connectivity index (χ2n) is 4.82. The maximum absolute atomic E-state index is 12.0. The van der Waals surface area contributed by atoms with Crippen molar-refractivity contribution in [3.8, 4) is 0 Å². The first-order valence-electron chi connectivity index (χ1n) is 6.68. The lowest BCUT2D eigenvalue weighted by molar-refractivity contribution is -0.121. The van der Waals surface area contributed by atoms with Crippen LogP contribution >= 0.6 is 12.2 Å². The number of methoxy groups -OCH3 is 1. The number of ether oxygens (including phenoxy) is 1. The van der Waals surface area contributed by atoms with Crippen LogP contribution in [0.1, 0.15) is 23.7 Å². The maximum atomic E-state index is 12.0. The van der Waals surface area contributed by atoms with Gasteiger partial charge in [0.05, 0.1) is 12.2 Å². The molecule has 0 aliphatic carbocycles. The number of carbonyl (C=O) groups excluding carboxylic acids is 1. The molecule has 1 aromatic heterocycles. The van der Waals surface area contributed by atoms with Crippen LogP contribution in [0.3, 0.4) is 0 Å². The van der Waals surface area contributed by atoms with E-state index in [0.29, 0.717) is 24.5 Å². The van der Waals surface area contributed by atoms with Crippen LogP contribution in [0, 0.1) is 13.8 Å². The molecule has 1 rings (SSSR count). The maximum Gasteiger partial charge on any atom is 0.242 e. The van der Waals surface area contributed by atoms with Crippen molar-refractivity contribution in [2.45, 2.75) is 26.8 Å². The lowest BCUT2D eigenvalue weighted by Gasteiger charge is -2.18. The molecule has 6 nitrogen and oxygen atoms in total. The van der Waals surface area contributed by atoms with Crippen LogP contribution in [0.4, 0.5) is 5.82 Å². The van der Waals surface area contributed by atoms with Gasteiger partial charge in [-0.25, -0.2) is 4.98 Å². The van der Waals surface area contributed by atoms with Crippen LogP contribution in [0.25, 0.3) is 0 Å². The predicted octanol–water partition coefficient (Wildman–Crippen LogP) is 0.896. The number of hydrogen-bond acceptors (Lipinski definition) is 5. The standard InChI is InChI=1S/C14H22N4O2S/c1-8-7-9(2)17-13(11(8)12(15)21)18-10(3)14(19)16-5-6-20-4/h7,10H,5-6H2,1-4H3,(H2,15,21)(H,16,19)(H,17,18). The molecule has 1 amide bonds. The van der Waals surface area contributed by atoms with E-state index in [2.05, 4.69) is 15.6 Å². The van der Waals surface area contributed by atoms with Gasteiger partial charge in [0.25, 0.3) is 0 Å². The van der Waals surface area contributed by atoms with E-state index in [9.17, 15) is 4.79 Å². The van der Waals surface area contributed by atoms with Crippen molar-refractivity contribution in [3.63, 3.8) is 0 Å². The quantitative estimate of drug-likeness (QED) is 0.512. The van der Waals surface area contributed by atoms with E-state index in [1.807, 2.05) is 19.9 Å². The summed E-state index contributed by atoms with van der Waals surface area (Å²) in [7, 11) is 1.59. The summed E-state index contributed by atoms with van der Waals surface area (Å²) < 4.78 is 4.89. The minimum Gasteiger partial charge on any atom is -0.389 e. The minimum absolute atomic E-state index is 0.137. The molecular formula is C14H22N4O2S. The number of pyridine rings is 1. The van der Waals surface area contributed by atoms with Crippen molar-refractivity contribution in [3.05, 3.63) is 22.9 Å². The molecule has 1 heterocycles. The molecule has 0 fully saturated rings. The van der Waals surface area contributed by atoms with E-state index in [1.54, 1.807) is 14.0 Å². The van der Waals surface area contributed by atoms with Gasteiger partial charge >= 0.3 is 0 Å². The van der Waals surface area contributed by atoms with Crippen molar-refractivity contribution >= 4 is 28.9 Å². The SMILES string of the molecule is COCCNC(=O)C(C)Nc1nc(C)cc(C)c1C(N)=S. The van der Waals surface area contributed by atoms with Gasteiger partial charge < -0.3 is 21.1 Å². The summed E-state index contributed by atoms with van der Waals surface area (Å²) in [6.45, 7) is 6.48. The average molecular weight is 310 g/mol. The number of rotatable bonds is 7. The molecule has 0 saturated carbocycles. The summed E-state index contributed by atoms with van der Waals surface area (Å²) in [5.74, 6) is 0.399. The molecule has 0 aliphatic rings. The highest BCUT2D eigenvalue weighted by Crippen LogP contribution is 2.19. The van der Waals surface area contributed by atoms with Gasteiger partial charge in [-0.2, -0.15) is 0 Å². The third-order valence-electron chi connectivity index (χ3n) is 2.94. The summed E-state index contributed by atoms with van der Waals surface area (Å²) >= 11 is 5.07. The number of nitrogens with zero attached hydrogens (tertiary/aromatic N) is 1. The van der Waals surface area contributed by atoms with E-state index in [-0.39, 0.29) is 10.9 Å². The second-order valence-corrected chi connectivity index (χ2v) is 5.26. The Labute approximate surface area is 130 Å². The molecule has 0 aliphatic heterocycles. The Bertz CT molecular complexity index is 534. The molecule has 21 heavy (non-hydrogen) atoms. The smallest absolute Gasteiger partial charge is 0.242 e. The van der Waals surface area contributed by atoms with Gasteiger partial charge in [0.1, 0.15) is 16.8 Å². The second kappa shape index (κ2) is 7.90. The molecule has 0 aromatic carbocycles. The summed E-state index contributed by atoms with van der Waals surface area (Å²) in [6.07, 6.45) is 0. The molecule has 1 atom stereocenters. The minimum atomic E-state index is -0.455. The first-order valence-corrected chi connectivity index (χ1v) is 7.08. The molecular weight excluding hydrogens is 288 g/mol. The zero-order valence-electron chi connectivity index (χ0n) is 12.8. The largest absolute Gasteiger partial charge is 0.389 e. The summed E-state index contributed by atoms with van der Waals surface area (Å²) in [5.41, 5.74) is 8.19. The summed E-state index contributed by atoms with van der Waals surface area (Å²) in [4.78, 5) is 16.6. The topological polar surface area (TPSA) is 89.3 Å². The van der Waals surface area contributed by atoms with E-state index in [0.717, 1.165) is 11.3 Å². The van der Waals surface area contributed by atoms with Gasteiger partial charge in [-0.15, -0.1) is 0 Å². The molecule has 116 valence electrons. The molecule has 1 aromatic rings. The third-order valence-corrected chi connectivity index (χ3v) is 3.15. The van der Waals surface area contributed by atoms with Crippen molar-refractivity contribution in [1.82, 2.24) is 10.3 Å². The zero-order valence-corrected chi connectivity index (χ0v) is 13.6. The zero-order chi connectivity index (χ0) is 16.0. The number of nitrogens with two attached hydrogens (primary N) is 1. The van der Waals surface area contributed by atoms with Gasteiger partial charge in [0.2, 0.25) is 5.91 Å². The average Bonchev–Trinajstić information content (AvgIpc) is 2.37. The Morgan fingerprint density at radius 3 is 2.76 bits per heavy atom. The first kappa shape index (κ1) is 17.3. The van der Waals surface area contributed by atoms with Gasteiger partial charge in [-0.3, -0.25) is 4.79 Å². The van der Waals surface area contributed by atoms with Crippen LogP contribution in [0.5, 0.6) is 0 Å². The van der Waals surface area contributed by atoms with Crippen LogP contribution in [-0.4, -0.2) is 42.2 Å². The fraction of sp³-hybridized carbons (Fsp3) is 0.500. The number of amides is 1. The molecule has 0 bridgehead atoms. The number of aryl methyl sites for hydroxylation is 2. The highest BCUT2D eigenvalue weighted by Gasteiger charge is 2.17. The predicted molar refractivity (Wildman–Crippen MR) is 87.6 cm³/mol. The van der Waals surface area contributed by atoms with Crippen molar-refractivity contribution in [2.75, 3.05) is 25.6 Å². The Kier molecular flexibility index (Phi) is 6.51. The van der Waals surface area contributed by atoms with E-state index >= 15 is 0 Å². The molecule has 7 heteroatoms. The fourth-order valence-electron chi connectivity index (χ4n) is 1.95. The third kappa shape index (κ3) is 4.95. The molecule has 4 N–H and O–H groups in total. The number of aromatic nitrogens is 1. The Morgan fingerprint density at radius 2 is 2.19 bits per heavy atom. The van der Waals surface area contributed by atoms with Crippen molar-refractivity contribution in [1.29, 1.82) is 0 Å². The van der Waals surface area contributed by atoms with Crippen LogP contribution in [0.15, 0.2) is 6.07 Å². The van der Waals surface area contributed by atoms with E-state index in [1.165, 1.54) is 0 Å². The lowest BCUT2D eigenvalue weighted by Crippen LogP contribution is -2.39. The van der Waals surface area contributed by atoms with Gasteiger partial charge in [0.15, 0.2) is 0 Å². The van der Waals surface area contributed by atoms with Crippen molar-refractivity contribution in [2.24, 2.45) is 5.73 Å². The molecule has 0 spiro atoms. The van der Waals surface area contributed by atoms with Gasteiger partial charge in [-0.1, -0.05) is 12.2 Å². The monoisotopic (exact) mass is 310 g/mol. The van der Waals surface area contributed by atoms with Crippen LogP contribution in [0.2, 0.25) is 0 Å². The number of nitrogens with one attached hydrogen (secondary N) is 2. The Hall–Kier alpha value is -1.73. The Morgan fingerprint density at radius 1 is 1.52 bits per heavy atom. The highest BCUT2D eigenvalue weighted by molar-refractivity contribution is 7.80. The Balaban J connectivity index is 2.86. The van der Waals surface area contributed by atoms with Crippen LogP contribution in [-0.2, 0) is 9.53 Å².